The molecule has 0 radical (unpaired) electrons. The van der Waals surface area contributed by atoms with Crippen LogP contribution in [0.25, 0.3) is 0 Å². The topological polar surface area (TPSA) is 90.9 Å². The Morgan fingerprint density at radius 3 is 2.24 bits per heavy atom. The summed E-state index contributed by atoms with van der Waals surface area (Å²) < 4.78 is 26.8. The molecular weight excluding hydrogens is 417 g/mol. The van der Waals surface area contributed by atoms with Gasteiger partial charge in [0.2, 0.25) is 0 Å². The lowest BCUT2D eigenvalue weighted by molar-refractivity contribution is -0.142. The van der Waals surface area contributed by atoms with Crippen molar-refractivity contribution in [3.05, 3.63) is 70.2 Å². The average Bonchev–Trinajstić information content (AvgIpc) is 2.73. The van der Waals surface area contributed by atoms with Crippen LogP contribution in [0.2, 0.25) is 5.02 Å². The third-order valence-electron chi connectivity index (χ3n) is 4.27. The van der Waals surface area contributed by atoms with E-state index in [1.54, 1.807) is 42.5 Å². The summed E-state index contributed by atoms with van der Waals surface area (Å²) in [6.45, 7) is 0. The van der Waals surface area contributed by atoms with Crippen molar-refractivity contribution in [2.75, 3.05) is 21.3 Å². The van der Waals surface area contributed by atoms with E-state index in [9.17, 15) is 14.2 Å². The molecule has 29 heavy (non-hydrogen) atoms. The zero-order valence-electron chi connectivity index (χ0n) is 16.4. The molecule has 0 heterocycles. The van der Waals surface area contributed by atoms with Crippen molar-refractivity contribution in [3.8, 4) is 0 Å². The van der Waals surface area contributed by atoms with E-state index >= 15 is 0 Å². The molecular formula is C20H23ClNO6P. The standard InChI is InChI=1S/C20H23ClNO6P/c1-26-20(24)18(12-15-5-4-6-17(21)11-15)22-19(23)16-9-7-14(8-10-16)13-29(25,27-2)28-3/h4-11,18H,12-13H2,1-3H3,(H,22,23)/t18-/m1/s1. The summed E-state index contributed by atoms with van der Waals surface area (Å²) >= 11 is 5.98. The number of nitrogens with one attached hydrogen (secondary N) is 1. The zero-order chi connectivity index (χ0) is 21.4. The Balaban J connectivity index is 2.10. The molecule has 9 heteroatoms. The van der Waals surface area contributed by atoms with E-state index in [1.807, 2.05) is 6.07 Å². The minimum atomic E-state index is -3.20. The molecule has 156 valence electrons. The van der Waals surface area contributed by atoms with Crippen LogP contribution >= 0.6 is 19.2 Å². The van der Waals surface area contributed by atoms with E-state index in [4.69, 9.17) is 25.4 Å². The maximum atomic E-state index is 12.6. The summed E-state index contributed by atoms with van der Waals surface area (Å²) in [6, 6.07) is 12.6. The summed E-state index contributed by atoms with van der Waals surface area (Å²) in [4.78, 5) is 24.7. The van der Waals surface area contributed by atoms with E-state index in [2.05, 4.69) is 5.32 Å². The Kier molecular flexibility index (Phi) is 8.41. The van der Waals surface area contributed by atoms with Crippen LogP contribution in [0.5, 0.6) is 0 Å². The number of rotatable bonds is 9. The Morgan fingerprint density at radius 1 is 1.03 bits per heavy atom. The van der Waals surface area contributed by atoms with E-state index in [0.717, 1.165) is 5.56 Å². The predicted octanol–water partition coefficient (Wildman–Crippen LogP) is 3.84. The Morgan fingerprint density at radius 2 is 1.69 bits per heavy atom. The summed E-state index contributed by atoms with van der Waals surface area (Å²) in [5, 5.41) is 3.22. The molecule has 2 rings (SSSR count). The number of hydrogen-bond acceptors (Lipinski definition) is 6. The van der Waals surface area contributed by atoms with Crippen molar-refractivity contribution >= 4 is 31.1 Å². The van der Waals surface area contributed by atoms with Gasteiger partial charge in [-0.2, -0.15) is 0 Å². The Bertz CT molecular complexity index is 894. The first-order valence-electron chi connectivity index (χ1n) is 8.73. The number of ether oxygens (including phenoxy) is 1. The number of hydrogen-bond donors (Lipinski definition) is 1. The molecule has 0 saturated heterocycles. The van der Waals surface area contributed by atoms with Gasteiger partial charge in [-0.15, -0.1) is 0 Å². The van der Waals surface area contributed by atoms with Crippen LogP contribution in [0.15, 0.2) is 48.5 Å². The van der Waals surface area contributed by atoms with Crippen molar-refractivity contribution < 1.29 is 27.9 Å². The number of esters is 1. The van der Waals surface area contributed by atoms with Gasteiger partial charge in [0.25, 0.3) is 5.91 Å². The highest BCUT2D eigenvalue weighted by molar-refractivity contribution is 7.52. The lowest BCUT2D eigenvalue weighted by Crippen LogP contribution is -2.43. The fourth-order valence-corrected chi connectivity index (χ4v) is 3.94. The molecule has 7 nitrogen and oxygen atoms in total. The number of carbonyl (C=O) groups excluding carboxylic acids is 2. The third-order valence-corrected chi connectivity index (χ3v) is 6.37. The first kappa shape index (κ1) is 23.1. The van der Waals surface area contributed by atoms with Gasteiger partial charge in [0.1, 0.15) is 6.04 Å². The summed E-state index contributed by atoms with van der Waals surface area (Å²) in [5.41, 5.74) is 1.83. The smallest absolute Gasteiger partial charge is 0.334 e. The molecule has 1 N–H and O–H groups in total. The zero-order valence-corrected chi connectivity index (χ0v) is 18.0. The molecule has 0 spiro atoms. The van der Waals surface area contributed by atoms with Crippen molar-refractivity contribution in [2.45, 2.75) is 18.6 Å². The average molecular weight is 440 g/mol. The monoisotopic (exact) mass is 439 g/mol. The van der Waals surface area contributed by atoms with Crippen LogP contribution in [0.4, 0.5) is 0 Å². The van der Waals surface area contributed by atoms with Gasteiger partial charge in [0.15, 0.2) is 0 Å². The summed E-state index contributed by atoms with van der Waals surface area (Å²) in [6.07, 6.45) is 0.323. The fourth-order valence-electron chi connectivity index (χ4n) is 2.67. The molecule has 0 aromatic heterocycles. The Labute approximate surface area is 174 Å². The van der Waals surface area contributed by atoms with Crippen LogP contribution < -0.4 is 5.32 Å². The number of amides is 1. The van der Waals surface area contributed by atoms with Crippen molar-refractivity contribution in [2.24, 2.45) is 0 Å². The van der Waals surface area contributed by atoms with Crippen LogP contribution in [0.3, 0.4) is 0 Å². The van der Waals surface area contributed by atoms with Gasteiger partial charge in [-0.3, -0.25) is 9.36 Å². The van der Waals surface area contributed by atoms with Gasteiger partial charge < -0.3 is 19.1 Å². The SMILES string of the molecule is COC(=O)[C@@H](Cc1cccc(Cl)c1)NC(=O)c1ccc(CP(=O)(OC)OC)cc1. The fraction of sp³-hybridized carbons (Fsp3) is 0.300. The highest BCUT2D eigenvalue weighted by Crippen LogP contribution is 2.49. The van der Waals surface area contributed by atoms with Crippen LogP contribution in [-0.4, -0.2) is 39.2 Å². The third kappa shape index (κ3) is 6.68. The molecule has 2 aromatic rings. The van der Waals surface area contributed by atoms with E-state index in [1.165, 1.54) is 21.3 Å². The second-order valence-corrected chi connectivity index (χ2v) is 8.92. The Hall–Kier alpha value is -2.18. The van der Waals surface area contributed by atoms with Gasteiger partial charge in [-0.25, -0.2) is 4.79 Å². The van der Waals surface area contributed by atoms with Gasteiger partial charge in [0, 0.05) is 31.2 Å². The summed E-state index contributed by atoms with van der Waals surface area (Å²) in [5.74, 6) is -0.994. The molecule has 0 aliphatic carbocycles. The number of methoxy groups -OCH3 is 1. The molecule has 0 bridgehead atoms. The lowest BCUT2D eigenvalue weighted by Gasteiger charge is -2.17. The van der Waals surface area contributed by atoms with Crippen LogP contribution in [0.1, 0.15) is 21.5 Å². The minimum absolute atomic E-state index is 0.0848. The first-order chi connectivity index (χ1) is 13.8. The normalized spacial score (nSPS) is 12.3. The maximum absolute atomic E-state index is 12.6. The van der Waals surface area contributed by atoms with E-state index in [-0.39, 0.29) is 12.6 Å². The number of halogens is 1. The molecule has 0 aliphatic heterocycles. The largest absolute Gasteiger partial charge is 0.467 e. The number of benzene rings is 2. The highest BCUT2D eigenvalue weighted by Gasteiger charge is 2.24. The van der Waals surface area contributed by atoms with Gasteiger partial charge in [-0.1, -0.05) is 35.9 Å². The number of carbonyl (C=O) groups is 2. The van der Waals surface area contributed by atoms with Crippen molar-refractivity contribution in [1.29, 1.82) is 0 Å². The second-order valence-electron chi connectivity index (χ2n) is 6.21. The molecule has 0 unspecified atom stereocenters. The first-order valence-corrected chi connectivity index (χ1v) is 10.8. The van der Waals surface area contributed by atoms with Gasteiger partial charge in [-0.05, 0) is 35.4 Å². The second kappa shape index (κ2) is 10.6. The highest BCUT2D eigenvalue weighted by atomic mass is 35.5. The molecule has 0 aliphatic rings. The van der Waals surface area contributed by atoms with Crippen LogP contribution in [-0.2, 0) is 35.7 Å². The molecule has 1 amide bonds. The van der Waals surface area contributed by atoms with E-state index in [0.29, 0.717) is 16.1 Å². The molecule has 2 aromatic carbocycles. The van der Waals surface area contributed by atoms with Crippen LogP contribution in [0, 0.1) is 0 Å². The van der Waals surface area contributed by atoms with E-state index < -0.39 is 25.5 Å². The predicted molar refractivity (Wildman–Crippen MR) is 110 cm³/mol. The minimum Gasteiger partial charge on any atom is -0.467 e. The molecule has 1 atom stereocenters. The quantitative estimate of drug-likeness (QED) is 0.471. The lowest BCUT2D eigenvalue weighted by atomic mass is 10.1. The van der Waals surface area contributed by atoms with Crippen molar-refractivity contribution in [3.63, 3.8) is 0 Å². The maximum Gasteiger partial charge on any atom is 0.334 e. The molecule has 0 saturated carbocycles. The molecule has 0 fully saturated rings. The summed E-state index contributed by atoms with van der Waals surface area (Å²) in [7, 11) is 0.702. The van der Waals surface area contributed by atoms with Gasteiger partial charge >= 0.3 is 13.6 Å². The van der Waals surface area contributed by atoms with Gasteiger partial charge in [0.05, 0.1) is 13.3 Å². The van der Waals surface area contributed by atoms with Crippen molar-refractivity contribution in [1.82, 2.24) is 5.32 Å².